The smallest absolute Gasteiger partial charge is 0.208 e. The van der Waals surface area contributed by atoms with Crippen molar-refractivity contribution in [3.05, 3.63) is 24.3 Å². The van der Waals surface area contributed by atoms with Gasteiger partial charge >= 0.3 is 0 Å². The summed E-state index contributed by atoms with van der Waals surface area (Å²) < 4.78 is 5.71. The summed E-state index contributed by atoms with van der Waals surface area (Å²) >= 11 is 0. The number of allylic oxidation sites excluding steroid dienone is 2. The van der Waals surface area contributed by atoms with E-state index in [4.69, 9.17) is 4.74 Å². The zero-order valence-corrected chi connectivity index (χ0v) is 14.9. The Balaban J connectivity index is 1.85. The molecule has 1 unspecified atom stereocenters. The van der Waals surface area contributed by atoms with Crippen LogP contribution in [0.2, 0.25) is 0 Å². The van der Waals surface area contributed by atoms with Crippen LogP contribution in [0.25, 0.3) is 0 Å². The molecule has 0 aromatic heterocycles. The third-order valence-electron chi connectivity index (χ3n) is 8.22. The quantitative estimate of drug-likeness (QED) is 0.539. The molecule has 8 atom stereocenters. The average molecular weight is 360 g/mol. The number of ketones is 2. The monoisotopic (exact) mass is 360 g/mol. The molecule has 5 fully saturated rings. The van der Waals surface area contributed by atoms with Crippen LogP contribution in [0.5, 0.6) is 0 Å². The summed E-state index contributed by atoms with van der Waals surface area (Å²) in [5, 5.41) is 33.8. The second-order valence-corrected chi connectivity index (χ2v) is 9.37. The number of carbonyl (C=O) groups excluding carboxylic acids is 2. The molecule has 26 heavy (non-hydrogen) atoms. The van der Waals surface area contributed by atoms with Crippen molar-refractivity contribution in [3.63, 3.8) is 0 Å². The van der Waals surface area contributed by atoms with E-state index in [1.54, 1.807) is 6.08 Å². The first-order chi connectivity index (χ1) is 12.1. The fraction of sp³-hybridized carbons (Fsp3) is 0.700. The van der Waals surface area contributed by atoms with Crippen molar-refractivity contribution < 1.29 is 29.6 Å². The minimum Gasteiger partial charge on any atom is -0.391 e. The number of carbonyl (C=O) groups is 2. The van der Waals surface area contributed by atoms with Crippen LogP contribution in [-0.2, 0) is 14.3 Å². The van der Waals surface area contributed by atoms with E-state index in [0.29, 0.717) is 12.8 Å². The molecular weight excluding hydrogens is 336 g/mol. The second-order valence-electron chi connectivity index (χ2n) is 9.37. The normalized spacial score (nSPS) is 56.5. The highest BCUT2D eigenvalue weighted by atomic mass is 16.6. The largest absolute Gasteiger partial charge is 0.391 e. The molecule has 3 saturated carbocycles. The topological polar surface area (TPSA) is 104 Å². The summed E-state index contributed by atoms with van der Waals surface area (Å²) in [5.41, 5.74) is -3.15. The van der Waals surface area contributed by atoms with Gasteiger partial charge in [-0.2, -0.15) is 0 Å². The molecule has 4 bridgehead atoms. The number of fused-ring (bicyclic) bond motifs is 2. The van der Waals surface area contributed by atoms with Crippen molar-refractivity contribution in [2.24, 2.45) is 34.0 Å². The van der Waals surface area contributed by atoms with Gasteiger partial charge in [0.05, 0.1) is 18.1 Å². The van der Waals surface area contributed by atoms with E-state index in [1.165, 1.54) is 6.08 Å². The lowest BCUT2D eigenvalue weighted by Gasteiger charge is -2.72. The third-order valence-corrected chi connectivity index (χ3v) is 8.22. The van der Waals surface area contributed by atoms with Gasteiger partial charge in [-0.15, -0.1) is 0 Å². The van der Waals surface area contributed by atoms with E-state index in [1.807, 2.05) is 13.8 Å². The molecule has 6 aliphatic rings. The highest BCUT2D eigenvalue weighted by Gasteiger charge is 2.86. The van der Waals surface area contributed by atoms with Crippen LogP contribution in [0.3, 0.4) is 0 Å². The van der Waals surface area contributed by atoms with Gasteiger partial charge in [0.2, 0.25) is 5.79 Å². The van der Waals surface area contributed by atoms with Gasteiger partial charge in [-0.3, -0.25) is 9.59 Å². The summed E-state index contributed by atoms with van der Waals surface area (Å²) in [5.74, 6) is -4.51. The molecule has 0 aromatic carbocycles. The minimum absolute atomic E-state index is 0.0542. The Bertz CT molecular complexity index is 798. The predicted octanol–water partition coefficient (Wildman–Crippen LogP) is 0.360. The van der Waals surface area contributed by atoms with E-state index in [0.717, 1.165) is 0 Å². The van der Waals surface area contributed by atoms with Crippen LogP contribution in [-0.4, -0.2) is 51.5 Å². The average Bonchev–Trinajstić information content (AvgIpc) is 2.69. The molecule has 0 radical (unpaired) electrons. The first-order valence-corrected chi connectivity index (χ1v) is 9.26. The molecule has 0 amide bonds. The van der Waals surface area contributed by atoms with Crippen LogP contribution < -0.4 is 0 Å². The first kappa shape index (κ1) is 16.8. The van der Waals surface area contributed by atoms with E-state index in [-0.39, 0.29) is 18.0 Å². The number of hydrogen-bond acceptors (Lipinski definition) is 6. The Kier molecular flexibility index (Phi) is 2.83. The number of Topliss-reactive ketones (excluding diaryl/α,β-unsaturated/α-hetero) is 1. The van der Waals surface area contributed by atoms with Crippen molar-refractivity contribution >= 4 is 11.6 Å². The van der Waals surface area contributed by atoms with Crippen LogP contribution >= 0.6 is 0 Å². The number of rotatable bonds is 0. The summed E-state index contributed by atoms with van der Waals surface area (Å²) in [4.78, 5) is 26.5. The molecule has 140 valence electrons. The van der Waals surface area contributed by atoms with Gasteiger partial charge in [-0.05, 0) is 35.8 Å². The SMILES string of the molecule is C=C1C(=O)[C@]23[C@H](O)[C@H]1CC[C@H]2[C@@]12COC3(O)[C@@H](O)[C@@H]1C(C)(C)C=CC2=O. The lowest BCUT2D eigenvalue weighted by Crippen LogP contribution is -2.84. The van der Waals surface area contributed by atoms with Gasteiger partial charge in [-0.25, -0.2) is 0 Å². The maximum Gasteiger partial charge on any atom is 0.208 e. The maximum absolute atomic E-state index is 13.3. The molecule has 2 aliphatic heterocycles. The molecule has 3 N–H and O–H groups in total. The lowest BCUT2D eigenvalue weighted by molar-refractivity contribution is -0.433. The van der Waals surface area contributed by atoms with Crippen LogP contribution in [0.4, 0.5) is 0 Å². The zero-order valence-electron chi connectivity index (χ0n) is 14.9. The highest BCUT2D eigenvalue weighted by molar-refractivity contribution is 6.07. The standard InChI is InChI=1S/C20H24O6/c1-9-10-4-5-11-18-8-26-20(25,19(11,14(9)22)15(10)23)16(24)13(18)17(2,3)7-6-12(18)21/h6-7,10-11,13,15-16,23-25H,1,4-5,8H2,2-3H3/t10-,11-,13+,15+,16-,18+,19-,20?/m0/s1. The Morgan fingerprint density at radius 1 is 1.19 bits per heavy atom. The van der Waals surface area contributed by atoms with Gasteiger partial charge in [0.15, 0.2) is 11.6 Å². The van der Waals surface area contributed by atoms with E-state index >= 15 is 0 Å². The van der Waals surface area contributed by atoms with E-state index < -0.39 is 57.8 Å². The third kappa shape index (κ3) is 1.32. The highest BCUT2D eigenvalue weighted by Crippen LogP contribution is 2.75. The molecule has 0 aromatic rings. The fourth-order valence-corrected chi connectivity index (χ4v) is 7.24. The molecule has 2 spiro atoms. The molecule has 6 rings (SSSR count). The molecule has 6 heteroatoms. The Morgan fingerprint density at radius 2 is 1.88 bits per heavy atom. The molecular formula is C20H24O6. The van der Waals surface area contributed by atoms with E-state index in [9.17, 15) is 24.9 Å². The Hall–Kier alpha value is -1.34. The number of ether oxygens (including phenoxy) is 1. The summed E-state index contributed by atoms with van der Waals surface area (Å²) in [6.07, 6.45) is 1.67. The molecule has 4 aliphatic carbocycles. The van der Waals surface area contributed by atoms with Crippen molar-refractivity contribution in [3.8, 4) is 0 Å². The van der Waals surface area contributed by atoms with E-state index in [2.05, 4.69) is 6.58 Å². The van der Waals surface area contributed by atoms with Crippen LogP contribution in [0.15, 0.2) is 24.3 Å². The van der Waals surface area contributed by atoms with Crippen molar-refractivity contribution in [2.75, 3.05) is 6.61 Å². The van der Waals surface area contributed by atoms with Crippen LogP contribution in [0, 0.1) is 34.0 Å². The number of aliphatic hydroxyl groups excluding tert-OH is 2. The lowest BCUT2D eigenvalue weighted by atomic mass is 9.37. The van der Waals surface area contributed by atoms with Gasteiger partial charge in [-0.1, -0.05) is 26.5 Å². The van der Waals surface area contributed by atoms with Crippen molar-refractivity contribution in [1.82, 2.24) is 0 Å². The number of hydrogen-bond donors (Lipinski definition) is 3. The first-order valence-electron chi connectivity index (χ1n) is 9.26. The zero-order chi connectivity index (χ0) is 18.9. The van der Waals surface area contributed by atoms with Gasteiger partial charge in [0, 0.05) is 11.8 Å². The Morgan fingerprint density at radius 3 is 2.58 bits per heavy atom. The fourth-order valence-electron chi connectivity index (χ4n) is 7.24. The molecule has 6 nitrogen and oxygen atoms in total. The summed E-state index contributed by atoms with van der Waals surface area (Å²) in [6.45, 7) is 7.63. The minimum atomic E-state index is -2.22. The van der Waals surface area contributed by atoms with Crippen molar-refractivity contribution in [1.29, 1.82) is 0 Å². The maximum atomic E-state index is 13.3. The molecule has 2 heterocycles. The van der Waals surface area contributed by atoms with Gasteiger partial charge < -0.3 is 20.1 Å². The summed E-state index contributed by atoms with van der Waals surface area (Å²) in [6, 6.07) is 0. The number of aliphatic hydroxyl groups is 3. The van der Waals surface area contributed by atoms with Crippen molar-refractivity contribution in [2.45, 2.75) is 44.7 Å². The van der Waals surface area contributed by atoms with Crippen LogP contribution in [0.1, 0.15) is 26.7 Å². The predicted molar refractivity (Wildman–Crippen MR) is 89.6 cm³/mol. The van der Waals surface area contributed by atoms with Gasteiger partial charge in [0.1, 0.15) is 11.5 Å². The Labute approximate surface area is 151 Å². The second kappa shape index (κ2) is 4.38. The summed E-state index contributed by atoms with van der Waals surface area (Å²) in [7, 11) is 0. The van der Waals surface area contributed by atoms with Gasteiger partial charge in [0.25, 0.3) is 0 Å². The molecule has 2 saturated heterocycles.